The predicted octanol–water partition coefficient (Wildman–Crippen LogP) is 2.94. The lowest BCUT2D eigenvalue weighted by Crippen LogP contribution is -2.45. The Bertz CT molecular complexity index is 1050. The summed E-state index contributed by atoms with van der Waals surface area (Å²) in [7, 11) is 2.84. The number of esters is 1. The van der Waals surface area contributed by atoms with E-state index in [0.29, 0.717) is 16.9 Å². The summed E-state index contributed by atoms with van der Waals surface area (Å²) in [4.78, 5) is 36.2. The van der Waals surface area contributed by atoms with Gasteiger partial charge in [-0.05, 0) is 48.4 Å². The SMILES string of the molecule is CCOC(=O)C1=C(c2ccc(OC)cc2)NC(=O)NC1c1ccc(OC)c([N+](=O)[O-])c1. The van der Waals surface area contributed by atoms with Crippen LogP contribution in [0.25, 0.3) is 5.70 Å². The summed E-state index contributed by atoms with van der Waals surface area (Å²) in [6.07, 6.45) is 0. The van der Waals surface area contributed by atoms with Crippen molar-refractivity contribution in [2.24, 2.45) is 0 Å². The van der Waals surface area contributed by atoms with E-state index >= 15 is 0 Å². The number of urea groups is 1. The van der Waals surface area contributed by atoms with E-state index in [4.69, 9.17) is 14.2 Å². The van der Waals surface area contributed by atoms with E-state index in [0.717, 1.165) is 0 Å². The molecule has 2 amide bonds. The maximum atomic E-state index is 12.9. The molecule has 162 valence electrons. The largest absolute Gasteiger partial charge is 0.497 e. The minimum Gasteiger partial charge on any atom is -0.497 e. The standard InChI is InChI=1S/C21H21N3O7/c1-4-31-20(25)17-18(12-5-8-14(29-2)9-6-12)22-21(26)23-19(17)13-7-10-16(30-3)15(11-13)24(27)28/h5-11,19H,4H2,1-3H3,(H2,22,23,26). The van der Waals surface area contributed by atoms with Gasteiger partial charge in [-0.2, -0.15) is 0 Å². The smallest absolute Gasteiger partial charge is 0.338 e. The first-order valence-electron chi connectivity index (χ1n) is 9.35. The summed E-state index contributed by atoms with van der Waals surface area (Å²) in [5.41, 5.74) is 0.949. The first-order valence-corrected chi connectivity index (χ1v) is 9.35. The van der Waals surface area contributed by atoms with Gasteiger partial charge in [0.1, 0.15) is 5.75 Å². The van der Waals surface area contributed by atoms with E-state index in [1.165, 1.54) is 26.4 Å². The van der Waals surface area contributed by atoms with E-state index < -0.39 is 23.0 Å². The molecule has 1 aliphatic heterocycles. The van der Waals surface area contributed by atoms with Crippen molar-refractivity contribution in [2.75, 3.05) is 20.8 Å². The summed E-state index contributed by atoms with van der Waals surface area (Å²) in [6.45, 7) is 1.77. The topological polar surface area (TPSA) is 129 Å². The van der Waals surface area contributed by atoms with Crippen molar-refractivity contribution in [1.82, 2.24) is 10.6 Å². The van der Waals surface area contributed by atoms with Crippen molar-refractivity contribution in [3.8, 4) is 11.5 Å². The monoisotopic (exact) mass is 427 g/mol. The van der Waals surface area contributed by atoms with Gasteiger partial charge in [0.15, 0.2) is 5.75 Å². The van der Waals surface area contributed by atoms with Gasteiger partial charge in [-0.1, -0.05) is 6.07 Å². The first kappa shape index (κ1) is 21.6. The average molecular weight is 427 g/mol. The fourth-order valence-corrected chi connectivity index (χ4v) is 3.26. The number of amides is 2. The maximum absolute atomic E-state index is 12.9. The number of nitrogens with one attached hydrogen (secondary N) is 2. The lowest BCUT2D eigenvalue weighted by Gasteiger charge is -2.29. The van der Waals surface area contributed by atoms with Gasteiger partial charge in [-0.25, -0.2) is 9.59 Å². The van der Waals surface area contributed by atoms with Crippen molar-refractivity contribution in [2.45, 2.75) is 13.0 Å². The molecule has 31 heavy (non-hydrogen) atoms. The van der Waals surface area contributed by atoms with Crippen molar-refractivity contribution < 1.29 is 28.7 Å². The molecule has 10 heteroatoms. The van der Waals surface area contributed by atoms with E-state index in [1.807, 2.05) is 0 Å². The molecule has 3 rings (SSSR count). The van der Waals surface area contributed by atoms with Crippen LogP contribution in [0, 0.1) is 10.1 Å². The van der Waals surface area contributed by atoms with Crippen LogP contribution < -0.4 is 20.1 Å². The molecule has 1 aliphatic rings. The Hall–Kier alpha value is -4.08. The van der Waals surface area contributed by atoms with Crippen molar-refractivity contribution in [1.29, 1.82) is 0 Å². The van der Waals surface area contributed by atoms with Crippen LogP contribution in [0.3, 0.4) is 0 Å². The molecule has 10 nitrogen and oxygen atoms in total. The molecule has 2 aromatic rings. The Morgan fingerprint density at radius 3 is 2.42 bits per heavy atom. The molecule has 0 saturated heterocycles. The van der Waals surface area contributed by atoms with Gasteiger partial charge in [0.2, 0.25) is 0 Å². The molecule has 1 atom stereocenters. The number of nitro groups is 1. The van der Waals surface area contributed by atoms with Crippen LogP contribution in [-0.4, -0.2) is 37.8 Å². The third-order valence-corrected chi connectivity index (χ3v) is 4.68. The molecule has 1 unspecified atom stereocenters. The second-order valence-electron chi connectivity index (χ2n) is 6.46. The zero-order valence-corrected chi connectivity index (χ0v) is 17.1. The Kier molecular flexibility index (Phi) is 6.39. The minimum absolute atomic E-state index is 0.0612. The number of ether oxygens (including phenoxy) is 3. The van der Waals surface area contributed by atoms with Crippen LogP contribution in [0.2, 0.25) is 0 Å². The predicted molar refractivity (Wildman–Crippen MR) is 111 cm³/mol. The van der Waals surface area contributed by atoms with E-state index in [-0.39, 0.29) is 29.3 Å². The number of benzene rings is 2. The van der Waals surface area contributed by atoms with Gasteiger partial charge < -0.3 is 24.8 Å². The molecule has 0 aliphatic carbocycles. The number of nitro benzene ring substituents is 1. The second kappa shape index (κ2) is 9.16. The Morgan fingerprint density at radius 2 is 1.84 bits per heavy atom. The molecule has 0 radical (unpaired) electrons. The normalized spacial score (nSPS) is 15.6. The molecule has 0 aromatic heterocycles. The molecule has 0 spiro atoms. The Balaban J connectivity index is 2.19. The number of nitrogens with zero attached hydrogens (tertiary/aromatic N) is 1. The summed E-state index contributed by atoms with van der Waals surface area (Å²) >= 11 is 0. The lowest BCUT2D eigenvalue weighted by molar-refractivity contribution is -0.385. The second-order valence-corrected chi connectivity index (χ2v) is 6.46. The molecule has 0 bridgehead atoms. The van der Waals surface area contributed by atoms with Gasteiger partial charge in [-0.3, -0.25) is 10.1 Å². The summed E-state index contributed by atoms with van der Waals surface area (Å²) in [5.74, 6) is -0.0000304. The molecule has 0 saturated carbocycles. The van der Waals surface area contributed by atoms with E-state index in [1.54, 1.807) is 37.3 Å². The highest BCUT2D eigenvalue weighted by atomic mass is 16.6. The van der Waals surface area contributed by atoms with Gasteiger partial charge in [0.25, 0.3) is 0 Å². The highest BCUT2D eigenvalue weighted by Gasteiger charge is 2.35. The Morgan fingerprint density at radius 1 is 1.13 bits per heavy atom. The van der Waals surface area contributed by atoms with Gasteiger partial charge >= 0.3 is 17.7 Å². The minimum atomic E-state index is -0.977. The van der Waals surface area contributed by atoms with Crippen LogP contribution in [-0.2, 0) is 9.53 Å². The fourth-order valence-electron chi connectivity index (χ4n) is 3.26. The first-order chi connectivity index (χ1) is 14.9. The molecular formula is C21H21N3O7. The number of rotatable bonds is 7. The summed E-state index contributed by atoms with van der Waals surface area (Å²) in [5, 5.41) is 16.8. The molecule has 1 heterocycles. The highest BCUT2D eigenvalue weighted by Crippen LogP contribution is 2.36. The zero-order chi connectivity index (χ0) is 22.5. The maximum Gasteiger partial charge on any atom is 0.338 e. The van der Waals surface area contributed by atoms with Gasteiger partial charge in [0.05, 0.1) is 43.1 Å². The van der Waals surface area contributed by atoms with Crippen molar-refractivity contribution in [3.63, 3.8) is 0 Å². The fraction of sp³-hybridized carbons (Fsp3) is 0.238. The van der Waals surface area contributed by atoms with Crippen LogP contribution in [0.15, 0.2) is 48.0 Å². The molecule has 0 fully saturated rings. The van der Waals surface area contributed by atoms with Crippen LogP contribution in [0.1, 0.15) is 24.1 Å². The number of carbonyl (C=O) groups is 2. The third-order valence-electron chi connectivity index (χ3n) is 4.68. The van der Waals surface area contributed by atoms with Crippen LogP contribution >= 0.6 is 0 Å². The Labute approximate surface area is 177 Å². The van der Waals surface area contributed by atoms with Crippen LogP contribution in [0.5, 0.6) is 11.5 Å². The number of hydrogen-bond acceptors (Lipinski definition) is 7. The molecular weight excluding hydrogens is 406 g/mol. The molecule has 2 N–H and O–H groups in total. The third kappa shape index (κ3) is 4.42. The van der Waals surface area contributed by atoms with Crippen molar-refractivity contribution >= 4 is 23.4 Å². The summed E-state index contributed by atoms with van der Waals surface area (Å²) < 4.78 is 15.4. The van der Waals surface area contributed by atoms with E-state index in [2.05, 4.69) is 10.6 Å². The number of hydrogen-bond donors (Lipinski definition) is 2. The zero-order valence-electron chi connectivity index (χ0n) is 17.1. The van der Waals surface area contributed by atoms with Crippen LogP contribution in [0.4, 0.5) is 10.5 Å². The average Bonchev–Trinajstić information content (AvgIpc) is 2.78. The van der Waals surface area contributed by atoms with Gasteiger partial charge in [0, 0.05) is 6.07 Å². The molecule has 2 aromatic carbocycles. The number of carbonyl (C=O) groups excluding carboxylic acids is 2. The van der Waals surface area contributed by atoms with Crippen molar-refractivity contribution in [3.05, 3.63) is 69.3 Å². The van der Waals surface area contributed by atoms with Gasteiger partial charge in [-0.15, -0.1) is 0 Å². The highest BCUT2D eigenvalue weighted by molar-refractivity contribution is 6.04. The number of methoxy groups -OCH3 is 2. The summed E-state index contributed by atoms with van der Waals surface area (Å²) in [6, 6.07) is 9.43. The quantitative estimate of drug-likeness (QED) is 0.395. The van der Waals surface area contributed by atoms with E-state index in [9.17, 15) is 19.7 Å². The lowest BCUT2D eigenvalue weighted by atomic mass is 9.92.